The molecule has 2 aliphatic rings. The second-order valence-electron chi connectivity index (χ2n) is 9.95. The number of sulfonamides is 1. The molecule has 2 fully saturated rings. The highest BCUT2D eigenvalue weighted by Crippen LogP contribution is 2.48. The van der Waals surface area contributed by atoms with Crippen molar-refractivity contribution in [3.63, 3.8) is 0 Å². The van der Waals surface area contributed by atoms with Gasteiger partial charge in [-0.15, -0.1) is 0 Å². The van der Waals surface area contributed by atoms with Gasteiger partial charge in [-0.2, -0.15) is 0 Å². The smallest absolute Gasteiger partial charge is 0.340 e. The Hall–Kier alpha value is -3.89. The molecular weight excluding hydrogens is 525 g/mol. The van der Waals surface area contributed by atoms with E-state index in [-0.39, 0.29) is 29.1 Å². The second-order valence-corrected chi connectivity index (χ2v) is 11.8. The molecule has 0 bridgehead atoms. The maximum atomic E-state index is 13.2. The van der Waals surface area contributed by atoms with Gasteiger partial charge in [0, 0.05) is 23.6 Å². The van der Waals surface area contributed by atoms with Crippen LogP contribution in [-0.2, 0) is 14.8 Å². The predicted octanol–water partition coefficient (Wildman–Crippen LogP) is 6.16. The van der Waals surface area contributed by atoms with E-state index in [1.54, 1.807) is 36.4 Å². The summed E-state index contributed by atoms with van der Waals surface area (Å²) >= 11 is 0. The molecule has 0 amide bonds. The molecule has 0 radical (unpaired) electrons. The summed E-state index contributed by atoms with van der Waals surface area (Å²) in [5, 5.41) is 10.6. The van der Waals surface area contributed by atoms with Gasteiger partial charge < -0.3 is 19.0 Å². The molecule has 4 aromatic rings. The fourth-order valence-electron chi connectivity index (χ4n) is 5.14. The Kier molecular flexibility index (Phi) is 6.31. The summed E-state index contributed by atoms with van der Waals surface area (Å²) in [4.78, 5) is 12.5. The SMILES string of the molecule is CS(=O)(=O)N(c1cc2oc(-c3ccc(Oc4ccc(F)cc4)cc3)c(C(=O)O)c2cc1C1CC1)C1CCOC1. The van der Waals surface area contributed by atoms with Crippen LogP contribution in [0.3, 0.4) is 0 Å². The van der Waals surface area contributed by atoms with E-state index in [9.17, 15) is 22.7 Å². The molecule has 39 heavy (non-hydrogen) atoms. The van der Waals surface area contributed by atoms with E-state index in [0.717, 1.165) is 18.4 Å². The number of hydrogen-bond donors (Lipinski definition) is 1. The van der Waals surface area contributed by atoms with Crippen LogP contribution in [0.15, 0.2) is 65.1 Å². The van der Waals surface area contributed by atoms with E-state index < -0.39 is 16.0 Å². The Bertz CT molecular complexity index is 1650. The number of nitrogens with zero attached hydrogens (tertiary/aromatic N) is 1. The molecule has 1 aliphatic carbocycles. The molecule has 1 aromatic heterocycles. The molecule has 2 heterocycles. The number of aromatic carboxylic acids is 1. The average Bonchev–Trinajstić information content (AvgIpc) is 3.46. The minimum Gasteiger partial charge on any atom is -0.478 e. The topological polar surface area (TPSA) is 106 Å². The average molecular weight is 552 g/mol. The number of carbonyl (C=O) groups is 1. The molecule has 10 heteroatoms. The van der Waals surface area contributed by atoms with Crippen molar-refractivity contribution in [2.75, 3.05) is 23.8 Å². The Balaban J connectivity index is 1.43. The van der Waals surface area contributed by atoms with Crippen LogP contribution >= 0.6 is 0 Å². The quantitative estimate of drug-likeness (QED) is 0.279. The van der Waals surface area contributed by atoms with Crippen molar-refractivity contribution in [3.8, 4) is 22.8 Å². The molecule has 1 saturated carbocycles. The van der Waals surface area contributed by atoms with Crippen molar-refractivity contribution >= 4 is 32.6 Å². The van der Waals surface area contributed by atoms with Crippen molar-refractivity contribution in [3.05, 3.63) is 77.6 Å². The third-order valence-electron chi connectivity index (χ3n) is 7.07. The van der Waals surface area contributed by atoms with Crippen molar-refractivity contribution in [1.29, 1.82) is 0 Å². The number of benzene rings is 3. The molecule has 1 aliphatic heterocycles. The van der Waals surface area contributed by atoms with Crippen molar-refractivity contribution < 1.29 is 36.6 Å². The molecule has 202 valence electrons. The van der Waals surface area contributed by atoms with Gasteiger partial charge in [0.2, 0.25) is 10.0 Å². The summed E-state index contributed by atoms with van der Waals surface area (Å²) in [5.74, 6) is -0.248. The monoisotopic (exact) mass is 551 g/mol. The van der Waals surface area contributed by atoms with E-state index in [1.807, 2.05) is 0 Å². The number of fused-ring (bicyclic) bond motifs is 1. The van der Waals surface area contributed by atoms with Gasteiger partial charge >= 0.3 is 5.97 Å². The lowest BCUT2D eigenvalue weighted by Gasteiger charge is -2.29. The summed E-state index contributed by atoms with van der Waals surface area (Å²) in [6.07, 6.45) is 3.56. The van der Waals surface area contributed by atoms with Crippen LogP contribution in [0, 0.1) is 5.82 Å². The normalized spacial score (nSPS) is 17.4. The van der Waals surface area contributed by atoms with Gasteiger partial charge in [-0.1, -0.05) is 0 Å². The van der Waals surface area contributed by atoms with Crippen LogP contribution in [-0.4, -0.2) is 45.0 Å². The zero-order valence-corrected chi connectivity index (χ0v) is 21.9. The molecule has 3 aromatic carbocycles. The number of halogens is 1. The standard InChI is InChI=1S/C29H26FNO7S/c1-39(34,35)31(20-12-13-36-16-20)25-15-26-24(14-23(25)17-2-3-17)27(29(32)33)28(38-26)18-4-8-21(9-5-18)37-22-10-6-19(30)7-11-22/h4-11,14-15,17,20H,2-3,12-13,16H2,1H3,(H,32,33). The Labute approximate surface area is 224 Å². The fourth-order valence-corrected chi connectivity index (χ4v) is 6.37. The number of ether oxygens (including phenoxy) is 2. The lowest BCUT2D eigenvalue weighted by Crippen LogP contribution is -2.40. The highest BCUT2D eigenvalue weighted by molar-refractivity contribution is 7.92. The van der Waals surface area contributed by atoms with Gasteiger partial charge in [-0.05, 0) is 85.3 Å². The molecular formula is C29H26FNO7S. The first-order valence-electron chi connectivity index (χ1n) is 12.6. The molecule has 1 unspecified atom stereocenters. The summed E-state index contributed by atoms with van der Waals surface area (Å²) in [6.45, 7) is 0.776. The van der Waals surface area contributed by atoms with Gasteiger partial charge in [-0.3, -0.25) is 4.31 Å². The number of hydrogen-bond acceptors (Lipinski definition) is 6. The second kappa shape index (κ2) is 9.69. The first-order valence-corrected chi connectivity index (χ1v) is 14.5. The minimum absolute atomic E-state index is 0.0146. The first kappa shape index (κ1) is 25.4. The Morgan fingerprint density at radius 3 is 2.26 bits per heavy atom. The van der Waals surface area contributed by atoms with Gasteiger partial charge in [0.15, 0.2) is 0 Å². The number of rotatable bonds is 8. The van der Waals surface area contributed by atoms with Crippen LogP contribution < -0.4 is 9.04 Å². The summed E-state index contributed by atoms with van der Waals surface area (Å²) < 4.78 is 57.8. The molecule has 8 nitrogen and oxygen atoms in total. The maximum absolute atomic E-state index is 13.2. The summed E-state index contributed by atoms with van der Waals surface area (Å²) in [5.41, 5.74) is 2.15. The van der Waals surface area contributed by atoms with Gasteiger partial charge in [0.05, 0.1) is 24.6 Å². The number of anilines is 1. The lowest BCUT2D eigenvalue weighted by atomic mass is 10.0. The molecule has 1 saturated heterocycles. The fraction of sp³-hybridized carbons (Fsp3) is 0.276. The van der Waals surface area contributed by atoms with E-state index in [0.29, 0.717) is 53.4 Å². The molecule has 6 rings (SSSR count). The highest BCUT2D eigenvalue weighted by Gasteiger charge is 2.37. The number of furan rings is 1. The van der Waals surface area contributed by atoms with Gasteiger partial charge in [-0.25, -0.2) is 17.6 Å². The van der Waals surface area contributed by atoms with Crippen LogP contribution in [0.2, 0.25) is 0 Å². The summed E-state index contributed by atoms with van der Waals surface area (Å²) in [6, 6.07) is 15.4. The molecule has 0 spiro atoms. The van der Waals surface area contributed by atoms with Crippen molar-refractivity contribution in [2.24, 2.45) is 0 Å². The van der Waals surface area contributed by atoms with Crippen molar-refractivity contribution in [1.82, 2.24) is 0 Å². The van der Waals surface area contributed by atoms with E-state index in [1.165, 1.54) is 34.8 Å². The van der Waals surface area contributed by atoms with Gasteiger partial charge in [0.1, 0.15) is 34.2 Å². The Morgan fingerprint density at radius 1 is 1.03 bits per heavy atom. The van der Waals surface area contributed by atoms with Crippen LogP contribution in [0.5, 0.6) is 11.5 Å². The largest absolute Gasteiger partial charge is 0.478 e. The van der Waals surface area contributed by atoms with E-state index in [2.05, 4.69) is 0 Å². The van der Waals surface area contributed by atoms with Crippen molar-refractivity contribution in [2.45, 2.75) is 31.2 Å². The number of carboxylic acid groups (broad SMARTS) is 1. The van der Waals surface area contributed by atoms with Crippen LogP contribution in [0.4, 0.5) is 10.1 Å². The van der Waals surface area contributed by atoms with E-state index >= 15 is 0 Å². The zero-order chi connectivity index (χ0) is 27.3. The third-order valence-corrected chi connectivity index (χ3v) is 8.28. The highest BCUT2D eigenvalue weighted by atomic mass is 32.2. The third kappa shape index (κ3) is 4.97. The maximum Gasteiger partial charge on any atom is 0.340 e. The Morgan fingerprint density at radius 2 is 1.69 bits per heavy atom. The predicted molar refractivity (Wildman–Crippen MR) is 144 cm³/mol. The first-order chi connectivity index (χ1) is 18.7. The van der Waals surface area contributed by atoms with Gasteiger partial charge in [0.25, 0.3) is 0 Å². The minimum atomic E-state index is -3.64. The zero-order valence-electron chi connectivity index (χ0n) is 21.1. The summed E-state index contributed by atoms with van der Waals surface area (Å²) in [7, 11) is -3.64. The van der Waals surface area contributed by atoms with Crippen LogP contribution in [0.25, 0.3) is 22.3 Å². The molecule has 1 N–H and O–H groups in total. The van der Waals surface area contributed by atoms with E-state index in [4.69, 9.17) is 13.9 Å². The molecule has 1 atom stereocenters. The number of carboxylic acids is 1. The lowest BCUT2D eigenvalue weighted by molar-refractivity contribution is 0.0699. The van der Waals surface area contributed by atoms with Crippen LogP contribution in [0.1, 0.15) is 41.1 Å².